The highest BCUT2D eigenvalue weighted by molar-refractivity contribution is 8.03. The van der Waals surface area contributed by atoms with Crippen LogP contribution in [-0.2, 0) is 6.42 Å². The van der Waals surface area contributed by atoms with Crippen LogP contribution in [0.3, 0.4) is 0 Å². The first kappa shape index (κ1) is 21.8. The molecule has 2 fully saturated rings. The van der Waals surface area contributed by atoms with Gasteiger partial charge in [-0.1, -0.05) is 31.9 Å². The Labute approximate surface area is 185 Å². The van der Waals surface area contributed by atoms with Crippen LogP contribution in [-0.4, -0.2) is 22.1 Å². The smallest absolute Gasteiger partial charge is 0.133 e. The SMILES string of the molecule is C=C[C@@]12CCc3cc(O)ccc3C1[C@@H](CCCCCSC#N)C[C@@]1(C)C2CC[C@@H]1O. The van der Waals surface area contributed by atoms with E-state index in [1.54, 1.807) is 0 Å². The summed E-state index contributed by atoms with van der Waals surface area (Å²) >= 11 is 1.36. The predicted octanol–water partition coefficient (Wildman–Crippen LogP) is 6.17. The minimum absolute atomic E-state index is 0.0273. The van der Waals surface area contributed by atoms with Gasteiger partial charge >= 0.3 is 0 Å². The second-order valence-electron chi connectivity index (χ2n) is 10.1. The highest BCUT2D eigenvalue weighted by atomic mass is 32.2. The minimum Gasteiger partial charge on any atom is -0.508 e. The molecule has 0 spiro atoms. The first-order valence-corrected chi connectivity index (χ1v) is 12.6. The van der Waals surface area contributed by atoms with Crippen molar-refractivity contribution in [2.24, 2.45) is 22.7 Å². The molecule has 6 atom stereocenters. The molecule has 162 valence electrons. The standard InChI is InChI=1S/C26H35NO2S/c1-3-26-13-12-18-15-20(28)8-9-21(18)24(26)19(7-5-4-6-14-30-17-27)16-25(2)22(26)10-11-23(25)29/h3,8-9,15,19,22-24,28-29H,1,4-7,10-14,16H2,2H3/t19-,22?,23-,24?,25-,26-/m0/s1. The lowest BCUT2D eigenvalue weighted by Gasteiger charge is -2.60. The van der Waals surface area contributed by atoms with Gasteiger partial charge in [-0.25, -0.2) is 0 Å². The Morgan fingerprint density at radius 1 is 1.30 bits per heavy atom. The number of thioether (sulfide) groups is 1. The van der Waals surface area contributed by atoms with Crippen LogP contribution in [0.5, 0.6) is 5.75 Å². The zero-order valence-electron chi connectivity index (χ0n) is 18.1. The van der Waals surface area contributed by atoms with Crippen molar-refractivity contribution in [1.82, 2.24) is 0 Å². The molecule has 3 aliphatic rings. The quantitative estimate of drug-likeness (QED) is 0.312. The fourth-order valence-corrected chi connectivity index (χ4v) is 7.93. The molecular weight excluding hydrogens is 390 g/mol. The Morgan fingerprint density at radius 3 is 2.90 bits per heavy atom. The molecule has 4 rings (SSSR count). The number of unbranched alkanes of at least 4 members (excludes halogenated alkanes) is 2. The minimum atomic E-state index is -0.212. The molecule has 1 aromatic carbocycles. The molecule has 0 aromatic heterocycles. The Hall–Kier alpha value is -1.44. The number of aryl methyl sites for hydroxylation is 1. The fraction of sp³-hybridized carbons (Fsp3) is 0.654. The van der Waals surface area contributed by atoms with Gasteiger partial charge in [0.1, 0.15) is 11.2 Å². The van der Waals surface area contributed by atoms with E-state index in [1.165, 1.54) is 29.3 Å². The number of nitrogens with zero attached hydrogens (tertiary/aromatic N) is 1. The van der Waals surface area contributed by atoms with Gasteiger partial charge in [0.05, 0.1) is 6.10 Å². The first-order valence-electron chi connectivity index (χ1n) is 11.6. The highest BCUT2D eigenvalue weighted by Crippen LogP contribution is 2.69. The number of nitriles is 1. The number of aliphatic hydroxyl groups is 1. The zero-order valence-corrected chi connectivity index (χ0v) is 19.0. The van der Waals surface area contributed by atoms with E-state index < -0.39 is 0 Å². The third-order valence-corrected chi connectivity index (χ3v) is 9.36. The summed E-state index contributed by atoms with van der Waals surface area (Å²) in [6.07, 6.45) is 11.7. The number of phenolic OH excluding ortho intramolecular Hbond substituents is 1. The van der Waals surface area contributed by atoms with Crippen LogP contribution in [0.4, 0.5) is 0 Å². The van der Waals surface area contributed by atoms with Crippen LogP contribution in [0.1, 0.15) is 75.3 Å². The number of benzene rings is 1. The van der Waals surface area contributed by atoms with Crippen LogP contribution in [0, 0.1) is 33.3 Å². The van der Waals surface area contributed by atoms with Crippen LogP contribution in [0.2, 0.25) is 0 Å². The lowest BCUT2D eigenvalue weighted by atomic mass is 9.44. The molecule has 0 heterocycles. The van der Waals surface area contributed by atoms with E-state index in [0.717, 1.165) is 57.1 Å². The molecule has 0 saturated heterocycles. The largest absolute Gasteiger partial charge is 0.508 e. The summed E-state index contributed by atoms with van der Waals surface area (Å²) in [7, 11) is 0. The molecule has 2 saturated carbocycles. The Morgan fingerprint density at radius 2 is 2.13 bits per heavy atom. The van der Waals surface area contributed by atoms with Gasteiger partial charge < -0.3 is 10.2 Å². The summed E-state index contributed by atoms with van der Waals surface area (Å²) in [6, 6.07) is 5.98. The number of allylic oxidation sites excluding steroid dienone is 1. The summed E-state index contributed by atoms with van der Waals surface area (Å²) in [5, 5.41) is 32.0. The molecule has 30 heavy (non-hydrogen) atoms. The van der Waals surface area contributed by atoms with Crippen LogP contribution in [0.15, 0.2) is 30.9 Å². The number of rotatable bonds is 7. The lowest BCUT2D eigenvalue weighted by molar-refractivity contribution is -0.0812. The van der Waals surface area contributed by atoms with Gasteiger partial charge in [0.25, 0.3) is 0 Å². The van der Waals surface area contributed by atoms with Gasteiger partial charge in [0.15, 0.2) is 0 Å². The Balaban J connectivity index is 1.66. The van der Waals surface area contributed by atoms with E-state index in [1.807, 2.05) is 12.1 Å². The summed E-state index contributed by atoms with van der Waals surface area (Å²) in [5.41, 5.74) is 2.72. The maximum absolute atomic E-state index is 11.0. The molecule has 3 aliphatic carbocycles. The summed E-state index contributed by atoms with van der Waals surface area (Å²) in [6.45, 7) is 6.70. The first-order chi connectivity index (χ1) is 14.5. The van der Waals surface area contributed by atoms with Crippen molar-refractivity contribution in [2.75, 3.05) is 5.75 Å². The topological polar surface area (TPSA) is 64.2 Å². The molecule has 0 radical (unpaired) electrons. The van der Waals surface area contributed by atoms with Crippen molar-refractivity contribution >= 4 is 11.8 Å². The average molecular weight is 426 g/mol. The molecule has 2 N–H and O–H groups in total. The monoisotopic (exact) mass is 425 g/mol. The van der Waals surface area contributed by atoms with Crippen LogP contribution < -0.4 is 0 Å². The van der Waals surface area contributed by atoms with Gasteiger partial charge in [-0.15, -0.1) is 6.58 Å². The van der Waals surface area contributed by atoms with E-state index in [-0.39, 0.29) is 16.9 Å². The van der Waals surface area contributed by atoms with Gasteiger partial charge in [-0.2, -0.15) is 5.26 Å². The number of phenols is 1. The molecule has 0 bridgehead atoms. The molecule has 1 aromatic rings. The van der Waals surface area contributed by atoms with Gasteiger partial charge in [-0.05, 0) is 109 Å². The van der Waals surface area contributed by atoms with Gasteiger partial charge in [-0.3, -0.25) is 0 Å². The van der Waals surface area contributed by atoms with E-state index in [2.05, 4.69) is 31.0 Å². The van der Waals surface area contributed by atoms with Gasteiger partial charge in [0, 0.05) is 5.75 Å². The summed E-state index contributed by atoms with van der Waals surface area (Å²) < 4.78 is 0. The van der Waals surface area contributed by atoms with Crippen molar-refractivity contribution in [2.45, 2.75) is 76.7 Å². The summed E-state index contributed by atoms with van der Waals surface area (Å²) in [5.74, 6) is 2.71. The number of fused-ring (bicyclic) bond motifs is 5. The molecular formula is C26H35NO2S. The molecule has 4 heteroatoms. The Bertz CT molecular complexity index is 833. The van der Waals surface area contributed by atoms with Crippen molar-refractivity contribution < 1.29 is 10.2 Å². The van der Waals surface area contributed by atoms with Gasteiger partial charge in [0.2, 0.25) is 0 Å². The lowest BCUT2D eigenvalue weighted by Crippen LogP contribution is -2.54. The van der Waals surface area contributed by atoms with Crippen molar-refractivity contribution in [3.05, 3.63) is 42.0 Å². The maximum Gasteiger partial charge on any atom is 0.133 e. The summed E-state index contributed by atoms with van der Waals surface area (Å²) in [4.78, 5) is 0. The highest BCUT2D eigenvalue weighted by Gasteiger charge is 2.63. The second-order valence-corrected chi connectivity index (χ2v) is 11.0. The normalized spacial score (nSPS) is 37.0. The van der Waals surface area contributed by atoms with Crippen LogP contribution >= 0.6 is 11.8 Å². The second kappa shape index (κ2) is 8.60. The molecule has 0 amide bonds. The molecule has 3 nitrogen and oxygen atoms in total. The Kier molecular flexibility index (Phi) is 6.24. The van der Waals surface area contributed by atoms with Crippen molar-refractivity contribution in [1.29, 1.82) is 5.26 Å². The third-order valence-electron chi connectivity index (χ3n) is 8.74. The number of hydrogen-bond acceptors (Lipinski definition) is 4. The van der Waals surface area contributed by atoms with E-state index in [4.69, 9.17) is 5.26 Å². The average Bonchev–Trinajstić information content (AvgIpc) is 3.04. The number of hydrogen-bond donors (Lipinski definition) is 2. The molecule has 2 unspecified atom stereocenters. The number of thiocyanates is 1. The maximum atomic E-state index is 11.0. The molecule has 0 aliphatic heterocycles. The number of aromatic hydroxyl groups is 1. The van der Waals surface area contributed by atoms with Crippen molar-refractivity contribution in [3.8, 4) is 11.2 Å². The number of aliphatic hydroxyl groups excluding tert-OH is 1. The van der Waals surface area contributed by atoms with Crippen LogP contribution in [0.25, 0.3) is 0 Å². The third kappa shape index (κ3) is 3.49. The fourth-order valence-electron chi connectivity index (χ4n) is 7.50. The van der Waals surface area contributed by atoms with E-state index in [0.29, 0.717) is 23.5 Å². The van der Waals surface area contributed by atoms with E-state index in [9.17, 15) is 10.2 Å². The predicted molar refractivity (Wildman–Crippen MR) is 123 cm³/mol. The zero-order chi connectivity index (χ0) is 21.4. The van der Waals surface area contributed by atoms with E-state index >= 15 is 0 Å². The van der Waals surface area contributed by atoms with Crippen molar-refractivity contribution in [3.63, 3.8) is 0 Å².